The third kappa shape index (κ3) is 5.22. The minimum Gasteiger partial charge on any atom is -0.360 e. The Morgan fingerprint density at radius 3 is 2.43 bits per heavy atom. The molecule has 0 saturated carbocycles. The van der Waals surface area contributed by atoms with Crippen LogP contribution in [-0.2, 0) is 4.79 Å². The van der Waals surface area contributed by atoms with Gasteiger partial charge in [0, 0.05) is 73.7 Å². The lowest BCUT2D eigenvalue weighted by atomic mass is 10.0. The van der Waals surface area contributed by atoms with Gasteiger partial charge in [0.05, 0.1) is 5.02 Å². The molecule has 2 amide bonds. The van der Waals surface area contributed by atoms with E-state index < -0.39 is 0 Å². The Kier molecular flexibility index (Phi) is 7.09. The number of likely N-dealkylation sites (tertiary alicyclic amines) is 1. The number of rotatable bonds is 5. The number of likely N-dealkylation sites (N-methyl/N-ethyl adjacent to an activating group) is 1. The number of aromatic amines is 1. The zero-order chi connectivity index (χ0) is 24.4. The van der Waals surface area contributed by atoms with E-state index in [4.69, 9.17) is 11.6 Å². The lowest BCUT2D eigenvalue weighted by molar-refractivity contribution is -0.131. The van der Waals surface area contributed by atoms with Gasteiger partial charge in [0.15, 0.2) is 0 Å². The van der Waals surface area contributed by atoms with E-state index in [-0.39, 0.29) is 18.4 Å². The molecule has 0 atom stereocenters. The molecule has 2 aliphatic heterocycles. The maximum Gasteiger partial charge on any atom is 0.258 e. The molecular weight excluding hydrogens is 462 g/mol. The number of carbonyl (C=O) groups excluding carboxylic acids is 2. The zero-order valence-electron chi connectivity index (χ0n) is 20.1. The highest BCUT2D eigenvalue weighted by atomic mass is 35.5. The van der Waals surface area contributed by atoms with E-state index in [2.05, 4.69) is 21.8 Å². The van der Waals surface area contributed by atoms with Crippen molar-refractivity contribution in [3.8, 4) is 0 Å². The van der Waals surface area contributed by atoms with Gasteiger partial charge in [-0.2, -0.15) is 0 Å². The van der Waals surface area contributed by atoms with Crippen molar-refractivity contribution in [1.29, 1.82) is 0 Å². The first-order valence-electron chi connectivity index (χ1n) is 12.3. The van der Waals surface area contributed by atoms with E-state index in [1.165, 1.54) is 0 Å². The molecule has 2 fully saturated rings. The molecule has 1 N–H and O–H groups in total. The Hall–Kier alpha value is -2.87. The fraction of sp³-hybridized carbons (Fsp3) is 0.407. The van der Waals surface area contributed by atoms with Crippen molar-refractivity contribution in [3.63, 3.8) is 0 Å². The summed E-state index contributed by atoms with van der Waals surface area (Å²) in [5.41, 5.74) is 2.02. The molecule has 0 spiro atoms. The van der Waals surface area contributed by atoms with E-state index in [1.54, 1.807) is 23.2 Å². The standard InChI is InChI=1S/C27H32ClN5O2/c1-30-13-15-31(16-14-30)21-9-11-32(12-10-21)26(34)19-33(22-5-3-2-4-6-22)27(35)20-7-8-23-24(28)18-29-25(23)17-20/h2-8,17-18,21,29H,9-16,19H2,1H3. The molecule has 1 aromatic heterocycles. The first-order chi connectivity index (χ1) is 17.0. The van der Waals surface area contributed by atoms with Gasteiger partial charge in [-0.3, -0.25) is 19.4 Å². The van der Waals surface area contributed by atoms with Crippen LogP contribution in [0.1, 0.15) is 23.2 Å². The molecule has 7 nitrogen and oxygen atoms in total. The van der Waals surface area contributed by atoms with Crippen LogP contribution >= 0.6 is 11.6 Å². The van der Waals surface area contributed by atoms with Crippen LogP contribution in [0.25, 0.3) is 10.9 Å². The quantitative estimate of drug-likeness (QED) is 0.588. The number of nitrogens with one attached hydrogen (secondary N) is 1. The van der Waals surface area contributed by atoms with Crippen molar-refractivity contribution in [2.75, 3.05) is 57.8 Å². The molecule has 2 aromatic carbocycles. The normalized spacial score (nSPS) is 18.2. The molecule has 3 aromatic rings. The van der Waals surface area contributed by atoms with Gasteiger partial charge in [0.2, 0.25) is 5.91 Å². The first-order valence-corrected chi connectivity index (χ1v) is 12.7. The number of hydrogen-bond donors (Lipinski definition) is 1. The molecule has 3 heterocycles. The van der Waals surface area contributed by atoms with Gasteiger partial charge in [-0.25, -0.2) is 0 Å². The number of carbonyl (C=O) groups is 2. The highest BCUT2D eigenvalue weighted by Crippen LogP contribution is 2.26. The lowest BCUT2D eigenvalue weighted by Gasteiger charge is -2.42. The van der Waals surface area contributed by atoms with Gasteiger partial charge in [-0.15, -0.1) is 0 Å². The SMILES string of the molecule is CN1CCN(C2CCN(C(=O)CN(C(=O)c3ccc4c(Cl)c[nH]c4c3)c3ccccc3)CC2)CC1. The number of amides is 2. The summed E-state index contributed by atoms with van der Waals surface area (Å²) in [4.78, 5) is 38.5. The van der Waals surface area contributed by atoms with E-state index >= 15 is 0 Å². The maximum atomic E-state index is 13.6. The van der Waals surface area contributed by atoms with Gasteiger partial charge >= 0.3 is 0 Å². The van der Waals surface area contributed by atoms with Crippen LogP contribution in [0.4, 0.5) is 5.69 Å². The molecule has 35 heavy (non-hydrogen) atoms. The van der Waals surface area contributed by atoms with Gasteiger partial charge < -0.3 is 14.8 Å². The van der Waals surface area contributed by atoms with Gasteiger partial charge in [0.25, 0.3) is 5.91 Å². The summed E-state index contributed by atoms with van der Waals surface area (Å²) >= 11 is 6.20. The Bertz CT molecular complexity index is 1180. The summed E-state index contributed by atoms with van der Waals surface area (Å²) in [5, 5.41) is 1.49. The summed E-state index contributed by atoms with van der Waals surface area (Å²) in [6.07, 6.45) is 3.68. The van der Waals surface area contributed by atoms with Gasteiger partial charge in [-0.1, -0.05) is 35.9 Å². The number of H-pyrrole nitrogens is 1. The predicted molar refractivity (Wildman–Crippen MR) is 140 cm³/mol. The number of aromatic nitrogens is 1. The van der Waals surface area contributed by atoms with Crippen LogP contribution in [0.5, 0.6) is 0 Å². The second-order valence-corrected chi connectivity index (χ2v) is 9.98. The lowest BCUT2D eigenvalue weighted by Crippen LogP contribution is -2.54. The van der Waals surface area contributed by atoms with E-state index in [0.29, 0.717) is 22.3 Å². The van der Waals surface area contributed by atoms with E-state index in [9.17, 15) is 9.59 Å². The Balaban J connectivity index is 1.28. The number of benzene rings is 2. The maximum absolute atomic E-state index is 13.6. The van der Waals surface area contributed by atoms with Crippen LogP contribution in [0.2, 0.25) is 5.02 Å². The molecule has 5 rings (SSSR count). The molecule has 8 heteroatoms. The molecule has 0 radical (unpaired) electrons. The Labute approximate surface area is 211 Å². The third-order valence-corrected chi connectivity index (χ3v) is 7.67. The number of para-hydroxylation sites is 1. The number of nitrogens with zero attached hydrogens (tertiary/aromatic N) is 4. The molecule has 2 saturated heterocycles. The second kappa shape index (κ2) is 10.4. The predicted octanol–water partition coefficient (Wildman–Crippen LogP) is 3.71. The molecule has 0 bridgehead atoms. The monoisotopic (exact) mass is 493 g/mol. The Morgan fingerprint density at radius 1 is 1.00 bits per heavy atom. The van der Waals surface area contributed by atoms with Crippen molar-refractivity contribution >= 4 is 40.0 Å². The Morgan fingerprint density at radius 2 is 1.71 bits per heavy atom. The summed E-state index contributed by atoms with van der Waals surface area (Å²) in [6, 6.07) is 15.4. The van der Waals surface area contributed by atoms with Crippen molar-refractivity contribution in [1.82, 2.24) is 19.7 Å². The fourth-order valence-electron chi connectivity index (χ4n) is 5.17. The first kappa shape index (κ1) is 23.9. The van der Waals surface area contributed by atoms with Crippen molar-refractivity contribution in [2.24, 2.45) is 0 Å². The van der Waals surface area contributed by atoms with Crippen molar-refractivity contribution in [3.05, 3.63) is 65.3 Å². The molecule has 2 aliphatic rings. The number of anilines is 1. The number of piperidine rings is 1. The highest BCUT2D eigenvalue weighted by Gasteiger charge is 2.30. The van der Waals surface area contributed by atoms with Gasteiger partial charge in [-0.05, 0) is 44.2 Å². The fourth-order valence-corrected chi connectivity index (χ4v) is 5.39. The number of fused-ring (bicyclic) bond motifs is 1. The summed E-state index contributed by atoms with van der Waals surface area (Å²) in [7, 11) is 2.17. The van der Waals surface area contributed by atoms with E-state index in [0.717, 1.165) is 63.0 Å². The van der Waals surface area contributed by atoms with Crippen LogP contribution in [-0.4, -0.2) is 90.4 Å². The van der Waals surface area contributed by atoms with Crippen molar-refractivity contribution < 1.29 is 9.59 Å². The average molecular weight is 494 g/mol. The van der Waals surface area contributed by atoms with Gasteiger partial charge in [0.1, 0.15) is 6.54 Å². The summed E-state index contributed by atoms with van der Waals surface area (Å²) < 4.78 is 0. The topological polar surface area (TPSA) is 62.9 Å². The number of hydrogen-bond acceptors (Lipinski definition) is 4. The summed E-state index contributed by atoms with van der Waals surface area (Å²) in [5.74, 6) is -0.215. The van der Waals surface area contributed by atoms with Crippen LogP contribution in [0.3, 0.4) is 0 Å². The van der Waals surface area contributed by atoms with Crippen molar-refractivity contribution in [2.45, 2.75) is 18.9 Å². The van der Waals surface area contributed by atoms with Crippen LogP contribution in [0, 0.1) is 0 Å². The molecular formula is C27H32ClN5O2. The minimum atomic E-state index is -0.204. The average Bonchev–Trinajstić information content (AvgIpc) is 3.27. The van der Waals surface area contributed by atoms with Crippen LogP contribution < -0.4 is 4.90 Å². The van der Waals surface area contributed by atoms with E-state index in [1.807, 2.05) is 41.3 Å². The third-order valence-electron chi connectivity index (χ3n) is 7.36. The van der Waals surface area contributed by atoms with Crippen LogP contribution in [0.15, 0.2) is 54.7 Å². The smallest absolute Gasteiger partial charge is 0.258 e. The summed E-state index contributed by atoms with van der Waals surface area (Å²) in [6.45, 7) is 5.90. The molecule has 184 valence electrons. The highest BCUT2D eigenvalue weighted by molar-refractivity contribution is 6.35. The second-order valence-electron chi connectivity index (χ2n) is 9.58. The molecule has 0 unspecified atom stereocenters. The zero-order valence-corrected chi connectivity index (χ0v) is 20.9. The molecule has 0 aliphatic carbocycles. The number of piperazine rings is 1. The largest absolute Gasteiger partial charge is 0.360 e. The minimum absolute atomic E-state index is 0.0111. The number of halogens is 1.